The summed E-state index contributed by atoms with van der Waals surface area (Å²) in [6.45, 7) is -0.408. The van der Waals surface area contributed by atoms with Crippen LogP contribution in [-0.4, -0.2) is 218 Å². The van der Waals surface area contributed by atoms with Gasteiger partial charge < -0.3 is 120 Å². The molecule has 2 aromatic carbocycles. The van der Waals surface area contributed by atoms with Crippen molar-refractivity contribution in [3.8, 4) is 0 Å². The Hall–Kier alpha value is -10.1. The summed E-state index contributed by atoms with van der Waals surface area (Å²) in [6, 6.07) is 2.88. The first-order valence-corrected chi connectivity index (χ1v) is 29.0. The number of aliphatic hydroxyl groups excluding tert-OH is 2. The molecule has 0 saturated heterocycles. The summed E-state index contributed by atoms with van der Waals surface area (Å²) in [5.74, 6) is -12.7. The first kappa shape index (κ1) is 78.0. The van der Waals surface area contributed by atoms with Crippen LogP contribution in [0.5, 0.6) is 0 Å². The minimum Gasteiger partial charge on any atom is -0.394 e. The average molecular weight is 1300 g/mol. The Bertz CT molecular complexity index is 2880. The van der Waals surface area contributed by atoms with E-state index in [-0.39, 0.29) is 70.1 Å². The molecule has 37 heteroatoms. The van der Waals surface area contributed by atoms with Gasteiger partial charge in [0.2, 0.25) is 76.8 Å². The number of rotatable bonds is 41. The zero-order valence-electron chi connectivity index (χ0n) is 51.2. The van der Waals surface area contributed by atoms with Crippen molar-refractivity contribution in [2.45, 2.75) is 126 Å². The van der Waals surface area contributed by atoms with Crippen LogP contribution in [0.4, 0.5) is 0 Å². The van der Waals surface area contributed by atoms with Gasteiger partial charge in [0.05, 0.1) is 38.4 Å². The van der Waals surface area contributed by atoms with Gasteiger partial charge in [-0.3, -0.25) is 72.3 Å². The van der Waals surface area contributed by atoms with Crippen LogP contribution in [-0.2, 0) is 75.2 Å². The van der Waals surface area contributed by atoms with E-state index >= 15 is 0 Å². The molecule has 2 rings (SSSR count). The number of nitrogens with zero attached hydrogens (tertiary/aromatic N) is 2. The second-order valence-corrected chi connectivity index (χ2v) is 20.8. The van der Waals surface area contributed by atoms with E-state index in [1.54, 1.807) is 60.7 Å². The number of guanidine groups is 2. The maximum atomic E-state index is 13.8. The third-order valence-electron chi connectivity index (χ3n) is 13.2. The van der Waals surface area contributed by atoms with E-state index in [0.29, 0.717) is 5.56 Å². The van der Waals surface area contributed by atoms with Crippen LogP contribution in [0.15, 0.2) is 70.6 Å². The molecule has 11 atom stereocenters. The second-order valence-electron chi connectivity index (χ2n) is 20.8. The third-order valence-corrected chi connectivity index (χ3v) is 13.2. The number of hydrogen-bond donors (Lipinski definition) is 22. The number of aliphatic hydroxyl groups is 2. The molecule has 0 heterocycles. The minimum absolute atomic E-state index is 0.0398. The summed E-state index contributed by atoms with van der Waals surface area (Å²) in [5.41, 5.74) is 45.6. The largest absolute Gasteiger partial charge is 0.394 e. The number of benzene rings is 2. The summed E-state index contributed by atoms with van der Waals surface area (Å²) >= 11 is 0. The van der Waals surface area contributed by atoms with Crippen LogP contribution in [0.2, 0.25) is 0 Å². The van der Waals surface area contributed by atoms with E-state index in [0.717, 1.165) is 12.5 Å². The van der Waals surface area contributed by atoms with Crippen molar-refractivity contribution in [3.63, 3.8) is 0 Å². The molecular weight excluding hydrogens is 1210 g/mol. The first-order chi connectivity index (χ1) is 43.5. The van der Waals surface area contributed by atoms with E-state index in [1.807, 2.05) is 0 Å². The van der Waals surface area contributed by atoms with Crippen LogP contribution in [0, 0.1) is 0 Å². The molecule has 0 saturated carbocycles. The lowest BCUT2D eigenvalue weighted by molar-refractivity contribution is -0.136. The van der Waals surface area contributed by atoms with Gasteiger partial charge in [0, 0.05) is 32.6 Å². The van der Waals surface area contributed by atoms with Crippen molar-refractivity contribution >= 4 is 88.7 Å². The molecule has 0 unspecified atom stereocenters. The Kier molecular flexibility index (Phi) is 35.0. The van der Waals surface area contributed by atoms with Crippen LogP contribution < -0.4 is 110 Å². The van der Waals surface area contributed by atoms with Gasteiger partial charge in [-0.05, 0) is 64.0 Å². The molecule has 508 valence electrons. The van der Waals surface area contributed by atoms with Gasteiger partial charge in [-0.1, -0.05) is 60.7 Å². The van der Waals surface area contributed by atoms with Gasteiger partial charge in [0.25, 0.3) is 0 Å². The average Bonchev–Trinajstić information content (AvgIpc) is 2.93. The number of amides is 13. The molecule has 37 nitrogen and oxygen atoms in total. The fraction of sp³-hybridized carbons (Fsp3) is 0.509. The van der Waals surface area contributed by atoms with Crippen molar-refractivity contribution in [1.82, 2.24) is 63.8 Å². The Morgan fingerprint density at radius 2 is 0.837 bits per heavy atom. The third kappa shape index (κ3) is 29.9. The fourth-order valence-corrected chi connectivity index (χ4v) is 8.11. The lowest BCUT2D eigenvalue weighted by Crippen LogP contribution is -2.61. The zero-order valence-corrected chi connectivity index (χ0v) is 51.2. The van der Waals surface area contributed by atoms with E-state index in [2.05, 4.69) is 73.8 Å². The summed E-state index contributed by atoms with van der Waals surface area (Å²) < 4.78 is 0. The zero-order chi connectivity index (χ0) is 69.0. The highest BCUT2D eigenvalue weighted by Crippen LogP contribution is 2.08. The van der Waals surface area contributed by atoms with Crippen molar-refractivity contribution < 1.29 is 72.5 Å². The van der Waals surface area contributed by atoms with E-state index in [4.69, 9.17) is 45.9 Å². The molecule has 0 aromatic heterocycles. The molecule has 0 bridgehead atoms. The molecule has 0 aliphatic carbocycles. The summed E-state index contributed by atoms with van der Waals surface area (Å²) in [4.78, 5) is 178. The molecule has 2 aromatic rings. The van der Waals surface area contributed by atoms with Gasteiger partial charge in [0.15, 0.2) is 11.9 Å². The number of carbonyl (C=O) groups excluding carboxylic acids is 13. The van der Waals surface area contributed by atoms with E-state index in [1.165, 1.54) is 13.8 Å². The van der Waals surface area contributed by atoms with Crippen molar-refractivity contribution in [3.05, 3.63) is 71.8 Å². The number of nitrogens with two attached hydrogens (primary N) is 8. The van der Waals surface area contributed by atoms with Gasteiger partial charge in [-0.25, -0.2) is 0 Å². The molecule has 0 fully saturated rings. The van der Waals surface area contributed by atoms with Crippen molar-refractivity contribution in [1.29, 1.82) is 0 Å². The number of aliphatic imine (C=N–C) groups is 2. The van der Waals surface area contributed by atoms with Crippen LogP contribution in [0.3, 0.4) is 0 Å². The van der Waals surface area contributed by atoms with Gasteiger partial charge in [-0.2, -0.15) is 0 Å². The number of hydrogen-bond acceptors (Lipinski definition) is 20. The van der Waals surface area contributed by atoms with Crippen LogP contribution >= 0.6 is 0 Å². The SMILES string of the molecule is C[C@H](NC(=O)CNC(=O)[C@@H](NC(=O)[C@H](Cc1ccccc1)NC(=O)CNC(=O)CNC(=O)[C@@H](N)Cc1ccccc1)[C@@H](C)O)C(=O)N[C@@H](CCCN=C(N)N)C(=O)N[C@@H](CN)C(=O)N[C@@H](CO)C(=O)N[C@@H](C)C(=O)N[C@@H](CCCN=C(N)N)C(=O)N[C@@H](CN)C(N)=O. The van der Waals surface area contributed by atoms with Crippen molar-refractivity contribution in [2.75, 3.05) is 52.4 Å². The lowest BCUT2D eigenvalue weighted by Gasteiger charge is -2.26. The van der Waals surface area contributed by atoms with Gasteiger partial charge >= 0.3 is 0 Å². The Labute approximate surface area is 529 Å². The van der Waals surface area contributed by atoms with Gasteiger partial charge in [0.1, 0.15) is 54.4 Å². The predicted molar refractivity (Wildman–Crippen MR) is 332 cm³/mol. The number of carbonyl (C=O) groups is 13. The van der Waals surface area contributed by atoms with Crippen molar-refractivity contribution in [2.24, 2.45) is 55.9 Å². The predicted octanol–water partition coefficient (Wildman–Crippen LogP) is -11.6. The minimum atomic E-state index is -1.76. The molecule has 0 aliphatic heterocycles. The summed E-state index contributed by atoms with van der Waals surface area (Å²) in [7, 11) is 0. The normalized spacial score (nSPS) is 14.3. The number of primary amides is 1. The molecule has 0 aliphatic rings. The molecule has 13 amide bonds. The highest BCUT2D eigenvalue weighted by Gasteiger charge is 2.34. The first-order valence-electron chi connectivity index (χ1n) is 29.0. The summed E-state index contributed by atoms with van der Waals surface area (Å²) in [5, 5.41) is 48.9. The van der Waals surface area contributed by atoms with E-state index in [9.17, 15) is 72.5 Å². The molecule has 92 heavy (non-hydrogen) atoms. The quantitative estimate of drug-likeness (QED) is 0.0167. The Balaban J connectivity index is 2.10. The highest BCUT2D eigenvalue weighted by atomic mass is 16.3. The number of nitrogens with one attached hydrogen (secondary N) is 12. The second kappa shape index (κ2) is 41.2. The molecule has 30 N–H and O–H groups in total. The monoisotopic (exact) mass is 1300 g/mol. The Morgan fingerprint density at radius 1 is 0.435 bits per heavy atom. The van der Waals surface area contributed by atoms with Crippen LogP contribution in [0.1, 0.15) is 57.6 Å². The molecule has 0 radical (unpaired) electrons. The molecule has 0 spiro atoms. The Morgan fingerprint density at radius 3 is 1.32 bits per heavy atom. The maximum Gasteiger partial charge on any atom is 0.245 e. The standard InChI is InChI=1S/C55H88N22O15/c1-28(69-41(81)26-68-53(92)43(30(3)79)77-50(89)36(21-32-14-8-5-9-15-32)71-42(82)25-66-40(80)24-67-47(86)33(58)20-31-12-6-4-7-13-31)45(84)72-35(17-11-19-65-55(62)63)49(88)75-38(23-57)51(90)76-39(27-78)52(91)70-29(2)46(85)73-34(16-10-18-64-54(60)61)48(87)74-37(22-56)44(59)83/h4-9,12-15,28-30,33-39,43,78-79H,10-11,16-27,56-58H2,1-3H3,(H2,59,83)(H,66,80)(H,67,86)(H,68,92)(H,69,81)(H,70,91)(H,71,82)(H,72,84)(H,73,85)(H,74,87)(H,75,88)(H,76,90)(H,77,89)(H4,60,61,64)(H4,62,63,65)/t28-,29-,30+,33-,34-,35-,36-,37-,38-,39-,43-/m0/s1. The van der Waals surface area contributed by atoms with Gasteiger partial charge in [-0.15, -0.1) is 0 Å². The highest BCUT2D eigenvalue weighted by molar-refractivity contribution is 5.99. The van der Waals surface area contributed by atoms with E-state index < -0.39 is 176 Å². The smallest absolute Gasteiger partial charge is 0.245 e. The fourth-order valence-electron chi connectivity index (χ4n) is 8.11. The summed E-state index contributed by atoms with van der Waals surface area (Å²) in [6.07, 6.45) is -1.55. The topological polar surface area (TPSA) is 640 Å². The van der Waals surface area contributed by atoms with Crippen LogP contribution in [0.25, 0.3) is 0 Å². The molecular formula is C55H88N22O15. The lowest BCUT2D eigenvalue weighted by atomic mass is 10.0. The maximum absolute atomic E-state index is 13.8.